The summed E-state index contributed by atoms with van der Waals surface area (Å²) in [6.45, 7) is 5.96. The molecule has 4 bridgehead atoms. The Balaban J connectivity index is 1.36. The van der Waals surface area contributed by atoms with Crippen LogP contribution in [0.1, 0.15) is 64.9 Å². The van der Waals surface area contributed by atoms with Gasteiger partial charge in [0.2, 0.25) is 0 Å². The molecule has 0 aliphatic heterocycles. The highest BCUT2D eigenvalue weighted by atomic mass is 32.3. The van der Waals surface area contributed by atoms with Crippen LogP contribution in [0, 0.1) is 23.2 Å². The molecule has 0 aromatic heterocycles. The lowest BCUT2D eigenvalue weighted by Gasteiger charge is -2.56. The quantitative estimate of drug-likeness (QED) is 0.218. The van der Waals surface area contributed by atoms with Gasteiger partial charge in [-0.3, -0.25) is 0 Å². The second-order valence-electron chi connectivity index (χ2n) is 14.0. The fourth-order valence-electron chi connectivity index (χ4n) is 7.95. The molecule has 7 rings (SSSR count). The van der Waals surface area contributed by atoms with Crippen LogP contribution in [0.3, 0.4) is 0 Å². The Morgan fingerprint density at radius 3 is 1.61 bits per heavy atom. The molecule has 9 heteroatoms. The number of hydrogen-bond acceptors (Lipinski definition) is 5. The van der Waals surface area contributed by atoms with Crippen LogP contribution in [0.4, 0.5) is 8.78 Å². The first-order valence-electron chi connectivity index (χ1n) is 15.3. The Labute approximate surface area is 261 Å². The monoisotopic (exact) mass is 642 g/mol. The summed E-state index contributed by atoms with van der Waals surface area (Å²) in [5, 5.41) is -4.91. The summed E-state index contributed by atoms with van der Waals surface area (Å²) in [7, 11) is -9.15. The molecule has 4 aliphatic carbocycles. The molecular formula is C35H40F2O5S2. The van der Waals surface area contributed by atoms with Gasteiger partial charge in [0.1, 0.15) is 0 Å². The van der Waals surface area contributed by atoms with Crippen molar-refractivity contribution in [1.29, 1.82) is 0 Å². The van der Waals surface area contributed by atoms with Gasteiger partial charge in [0.05, 0.1) is 6.61 Å². The average Bonchev–Trinajstić information content (AvgIpc) is 2.98. The van der Waals surface area contributed by atoms with Crippen molar-refractivity contribution in [2.24, 2.45) is 23.2 Å². The van der Waals surface area contributed by atoms with E-state index >= 15 is 8.78 Å². The standard InChI is InChI=1S/C35H40F2O5S2/c1-33(2,3)28-14-16-31(17-15-28)43(29-10-6-4-7-11-29,30-12-8-5-9-13-30)42-44(39,40)35(36,37)32(38)41-24-34-21-25-18-26(22-34)20-27(19-25)23-34/h4-17,25-27H,18-24H2,1-3H3. The molecule has 3 aromatic rings. The van der Waals surface area contributed by atoms with Crippen molar-refractivity contribution in [3.05, 3.63) is 90.5 Å². The molecular weight excluding hydrogens is 603 g/mol. The van der Waals surface area contributed by atoms with Gasteiger partial charge >= 0.3 is 21.3 Å². The van der Waals surface area contributed by atoms with Crippen LogP contribution in [0.5, 0.6) is 0 Å². The van der Waals surface area contributed by atoms with Gasteiger partial charge in [-0.05, 0) is 114 Å². The summed E-state index contributed by atoms with van der Waals surface area (Å²) >= 11 is 0. The third-order valence-electron chi connectivity index (χ3n) is 9.62. The van der Waals surface area contributed by atoms with E-state index in [1.165, 1.54) is 0 Å². The fourth-order valence-corrected chi connectivity index (χ4v) is 13.0. The lowest BCUT2D eigenvalue weighted by molar-refractivity contribution is -0.171. The van der Waals surface area contributed by atoms with E-state index in [1.807, 2.05) is 32.9 Å². The molecule has 0 saturated heterocycles. The minimum absolute atomic E-state index is 0.190. The van der Waals surface area contributed by atoms with Crippen LogP contribution in [0.15, 0.2) is 99.6 Å². The second-order valence-corrected chi connectivity index (χ2v) is 18.5. The van der Waals surface area contributed by atoms with E-state index in [4.69, 9.17) is 8.37 Å². The summed E-state index contributed by atoms with van der Waals surface area (Å²) < 4.78 is 70.2. The maximum absolute atomic E-state index is 15.9. The summed E-state index contributed by atoms with van der Waals surface area (Å²) in [6, 6.07) is 24.2. The van der Waals surface area contributed by atoms with Crippen molar-refractivity contribution in [1.82, 2.24) is 0 Å². The highest BCUT2D eigenvalue weighted by Gasteiger charge is 2.60. The molecule has 5 nitrogen and oxygen atoms in total. The minimum Gasteiger partial charge on any atom is -0.460 e. The van der Waals surface area contributed by atoms with Crippen LogP contribution >= 0.6 is 10.3 Å². The van der Waals surface area contributed by atoms with Gasteiger partial charge in [-0.2, -0.15) is 17.2 Å². The number of rotatable bonds is 9. The van der Waals surface area contributed by atoms with Gasteiger partial charge in [-0.15, -0.1) is 0 Å². The normalized spacial score (nSPS) is 25.5. The Morgan fingerprint density at radius 2 is 1.18 bits per heavy atom. The predicted molar refractivity (Wildman–Crippen MR) is 167 cm³/mol. The Morgan fingerprint density at radius 1 is 0.750 bits per heavy atom. The average molecular weight is 643 g/mol. The van der Waals surface area contributed by atoms with Gasteiger partial charge in [0.25, 0.3) is 0 Å². The number of carbonyl (C=O) groups excluding carboxylic acids is 1. The van der Waals surface area contributed by atoms with Crippen molar-refractivity contribution in [3.63, 3.8) is 0 Å². The van der Waals surface area contributed by atoms with Crippen molar-refractivity contribution in [2.45, 2.75) is 84.7 Å². The molecule has 4 fully saturated rings. The Bertz CT molecular complexity index is 1530. The molecule has 44 heavy (non-hydrogen) atoms. The number of carbonyl (C=O) groups is 1. The number of benzene rings is 3. The van der Waals surface area contributed by atoms with Crippen LogP contribution in [0.2, 0.25) is 0 Å². The van der Waals surface area contributed by atoms with Crippen molar-refractivity contribution >= 4 is 26.4 Å². The Hall–Kier alpha value is -2.75. The molecule has 0 heterocycles. The zero-order valence-corrected chi connectivity index (χ0v) is 27.0. The molecule has 0 amide bonds. The zero-order valence-electron chi connectivity index (χ0n) is 25.4. The number of esters is 1. The molecule has 0 N–H and O–H groups in total. The number of alkyl halides is 2. The van der Waals surface area contributed by atoms with E-state index in [9.17, 15) is 13.2 Å². The maximum atomic E-state index is 15.9. The van der Waals surface area contributed by atoms with Crippen LogP contribution in [-0.2, 0) is 28.7 Å². The molecule has 0 unspecified atom stereocenters. The molecule has 0 spiro atoms. The molecule has 4 aliphatic rings. The molecule has 0 atom stereocenters. The predicted octanol–water partition coefficient (Wildman–Crippen LogP) is 8.88. The van der Waals surface area contributed by atoms with Gasteiger partial charge in [-0.1, -0.05) is 69.3 Å². The first-order valence-corrected chi connectivity index (χ1v) is 18.3. The second kappa shape index (κ2) is 11.2. The lowest BCUT2D eigenvalue weighted by atomic mass is 9.50. The topological polar surface area (TPSA) is 69.7 Å². The lowest BCUT2D eigenvalue weighted by Crippen LogP contribution is -2.49. The van der Waals surface area contributed by atoms with E-state index in [0.29, 0.717) is 32.4 Å². The fraction of sp³-hybridized carbons (Fsp3) is 0.457. The van der Waals surface area contributed by atoms with Crippen LogP contribution in [-0.4, -0.2) is 26.2 Å². The Kier molecular flexibility index (Phi) is 7.99. The highest BCUT2D eigenvalue weighted by Crippen LogP contribution is 2.70. The smallest absolute Gasteiger partial charge is 0.460 e. The number of halogens is 2. The third-order valence-corrected chi connectivity index (χ3v) is 14.8. The molecule has 236 valence electrons. The van der Waals surface area contributed by atoms with E-state index < -0.39 is 31.7 Å². The van der Waals surface area contributed by atoms with Crippen LogP contribution < -0.4 is 0 Å². The van der Waals surface area contributed by atoms with Gasteiger partial charge in [-0.25, -0.2) is 8.42 Å². The first-order chi connectivity index (χ1) is 20.7. The van der Waals surface area contributed by atoms with E-state index in [1.54, 1.807) is 72.8 Å². The van der Waals surface area contributed by atoms with Crippen LogP contribution in [0.25, 0.3) is 0 Å². The molecule has 0 radical (unpaired) electrons. The van der Waals surface area contributed by atoms with Crippen molar-refractivity contribution in [3.8, 4) is 0 Å². The van der Waals surface area contributed by atoms with E-state index in [-0.39, 0.29) is 17.4 Å². The summed E-state index contributed by atoms with van der Waals surface area (Å²) in [5.74, 6) is -0.500. The maximum Gasteiger partial charge on any atom is 0.466 e. The summed E-state index contributed by atoms with van der Waals surface area (Å²) in [4.78, 5) is 14.2. The number of ether oxygens (including phenoxy) is 1. The molecule has 3 aromatic carbocycles. The van der Waals surface area contributed by atoms with Crippen molar-refractivity contribution in [2.75, 3.05) is 6.61 Å². The summed E-state index contributed by atoms with van der Waals surface area (Å²) in [5.41, 5.74) is 0.441. The van der Waals surface area contributed by atoms with Gasteiger partial charge < -0.3 is 4.74 Å². The third kappa shape index (κ3) is 5.60. The largest absolute Gasteiger partial charge is 0.466 e. The SMILES string of the molecule is CC(C)(C)c1ccc(S(OS(=O)(=O)C(F)(F)C(=O)OCC23CC4CC(CC(C4)C2)C3)(c2ccccc2)c2ccccc2)cc1. The van der Waals surface area contributed by atoms with E-state index in [0.717, 1.165) is 44.1 Å². The zero-order chi connectivity index (χ0) is 31.4. The van der Waals surface area contributed by atoms with E-state index in [2.05, 4.69) is 0 Å². The first kappa shape index (κ1) is 31.2. The molecule has 4 saturated carbocycles. The number of hydrogen-bond donors (Lipinski definition) is 0. The van der Waals surface area contributed by atoms with Crippen molar-refractivity contribution < 1.29 is 30.4 Å². The minimum atomic E-state index is -5.85. The van der Waals surface area contributed by atoms with Gasteiger partial charge in [0, 0.05) is 20.1 Å². The highest BCUT2D eigenvalue weighted by molar-refractivity contribution is 8.33. The summed E-state index contributed by atoms with van der Waals surface area (Å²) in [6.07, 6.45) is 5.94. The van der Waals surface area contributed by atoms with Gasteiger partial charge in [0.15, 0.2) is 0 Å².